The quantitative estimate of drug-likeness (QED) is 0.903. The third-order valence-corrected chi connectivity index (χ3v) is 3.04. The Morgan fingerprint density at radius 1 is 1.25 bits per heavy atom. The molecule has 1 unspecified atom stereocenters. The zero-order valence-corrected chi connectivity index (χ0v) is 11.4. The molecule has 1 heterocycles. The van der Waals surface area contributed by atoms with E-state index in [0.29, 0.717) is 13.0 Å². The summed E-state index contributed by atoms with van der Waals surface area (Å²) in [6, 6.07) is 15.7. The second-order valence-electron chi connectivity index (χ2n) is 4.52. The van der Waals surface area contributed by atoms with E-state index in [0.717, 1.165) is 17.1 Å². The summed E-state index contributed by atoms with van der Waals surface area (Å²) in [5.74, 6) is 0.774. The van der Waals surface area contributed by atoms with Crippen molar-refractivity contribution in [1.82, 2.24) is 4.98 Å². The molecule has 0 fully saturated rings. The second-order valence-corrected chi connectivity index (χ2v) is 4.52. The highest BCUT2D eigenvalue weighted by Crippen LogP contribution is 2.24. The zero-order valence-electron chi connectivity index (χ0n) is 11.4. The summed E-state index contributed by atoms with van der Waals surface area (Å²) in [5.41, 5.74) is 1.78. The van der Waals surface area contributed by atoms with Gasteiger partial charge >= 0.3 is 0 Å². The van der Waals surface area contributed by atoms with E-state index in [1.807, 2.05) is 47.4 Å². The van der Waals surface area contributed by atoms with Crippen LogP contribution in [0, 0.1) is 11.3 Å². The van der Waals surface area contributed by atoms with Crippen molar-refractivity contribution in [3.63, 3.8) is 0 Å². The number of nitrogens with zero attached hydrogens (tertiary/aromatic N) is 3. The number of hydrogen-bond acceptors (Lipinski definition) is 4. The Labute approximate surface area is 118 Å². The van der Waals surface area contributed by atoms with Gasteiger partial charge in [0.25, 0.3) is 0 Å². The maximum absolute atomic E-state index is 9.51. The maximum Gasteiger partial charge on any atom is 0.132 e. The summed E-state index contributed by atoms with van der Waals surface area (Å²) < 4.78 is 0. The first-order valence-electron chi connectivity index (χ1n) is 6.56. The molecule has 0 saturated carbocycles. The molecule has 0 aliphatic carbocycles. The van der Waals surface area contributed by atoms with Crippen LogP contribution >= 0.6 is 0 Å². The molecule has 4 nitrogen and oxygen atoms in total. The van der Waals surface area contributed by atoms with Gasteiger partial charge in [-0.25, -0.2) is 4.98 Å². The molecule has 0 radical (unpaired) electrons. The Morgan fingerprint density at radius 3 is 2.55 bits per heavy atom. The van der Waals surface area contributed by atoms with Gasteiger partial charge in [0.15, 0.2) is 0 Å². The first-order valence-corrected chi connectivity index (χ1v) is 6.56. The highest BCUT2D eigenvalue weighted by molar-refractivity contribution is 5.59. The number of aliphatic hydroxyl groups excluding tert-OH is 1. The first-order chi connectivity index (χ1) is 9.72. The molecule has 0 amide bonds. The summed E-state index contributed by atoms with van der Waals surface area (Å²) in [6.07, 6.45) is 1.57. The Kier molecular flexibility index (Phi) is 4.70. The minimum atomic E-state index is -0.527. The minimum absolute atomic E-state index is 0.425. The number of anilines is 2. The number of aromatic nitrogens is 1. The molecule has 0 spiro atoms. The van der Waals surface area contributed by atoms with Crippen molar-refractivity contribution in [3.8, 4) is 6.07 Å². The normalized spacial score (nSPS) is 11.7. The monoisotopic (exact) mass is 267 g/mol. The fourth-order valence-corrected chi connectivity index (χ4v) is 1.95. The van der Waals surface area contributed by atoms with E-state index in [1.165, 1.54) is 0 Å². The molecule has 1 atom stereocenters. The number of rotatable bonds is 5. The number of pyridine rings is 1. The van der Waals surface area contributed by atoms with Crippen molar-refractivity contribution in [2.45, 2.75) is 19.4 Å². The topological polar surface area (TPSA) is 60.1 Å². The highest BCUT2D eigenvalue weighted by Gasteiger charge is 2.10. The van der Waals surface area contributed by atoms with E-state index in [9.17, 15) is 5.11 Å². The van der Waals surface area contributed by atoms with Gasteiger partial charge in [-0.05, 0) is 30.7 Å². The van der Waals surface area contributed by atoms with Crippen LogP contribution in [0.1, 0.15) is 25.0 Å². The molecule has 0 aliphatic rings. The average molecular weight is 267 g/mol. The highest BCUT2D eigenvalue weighted by atomic mass is 16.3. The molecule has 102 valence electrons. The van der Waals surface area contributed by atoms with Gasteiger partial charge in [0, 0.05) is 18.4 Å². The van der Waals surface area contributed by atoms with E-state index >= 15 is 0 Å². The molecule has 1 aromatic heterocycles. The first kappa shape index (κ1) is 14.0. The number of benzene rings is 1. The average Bonchev–Trinajstić information content (AvgIpc) is 2.49. The van der Waals surface area contributed by atoms with Crippen LogP contribution in [0.5, 0.6) is 0 Å². The van der Waals surface area contributed by atoms with Crippen LogP contribution in [0.4, 0.5) is 11.5 Å². The van der Waals surface area contributed by atoms with Crippen LogP contribution in [0.15, 0.2) is 48.7 Å². The summed E-state index contributed by atoms with van der Waals surface area (Å²) in [5, 5.41) is 18.3. The molecule has 2 aromatic rings. The SMILES string of the molecule is CC(O)c1ccc(N(CCC#N)c2ccccc2)nc1. The lowest BCUT2D eigenvalue weighted by atomic mass is 10.2. The Balaban J connectivity index is 2.29. The summed E-state index contributed by atoms with van der Waals surface area (Å²) in [7, 11) is 0. The molecular weight excluding hydrogens is 250 g/mol. The summed E-state index contributed by atoms with van der Waals surface area (Å²) >= 11 is 0. The van der Waals surface area contributed by atoms with Crippen LogP contribution < -0.4 is 4.90 Å². The second kappa shape index (κ2) is 6.69. The third kappa shape index (κ3) is 3.34. The van der Waals surface area contributed by atoms with Gasteiger partial charge in [-0.3, -0.25) is 0 Å². The fraction of sp³-hybridized carbons (Fsp3) is 0.250. The van der Waals surface area contributed by atoms with Crippen LogP contribution in [0.25, 0.3) is 0 Å². The van der Waals surface area contributed by atoms with E-state index < -0.39 is 6.10 Å². The molecule has 0 bridgehead atoms. The smallest absolute Gasteiger partial charge is 0.132 e. The lowest BCUT2D eigenvalue weighted by Crippen LogP contribution is -2.19. The van der Waals surface area contributed by atoms with Crippen molar-refractivity contribution < 1.29 is 5.11 Å². The zero-order chi connectivity index (χ0) is 14.4. The molecule has 20 heavy (non-hydrogen) atoms. The van der Waals surface area contributed by atoms with Crippen molar-refractivity contribution in [2.24, 2.45) is 0 Å². The van der Waals surface area contributed by atoms with Gasteiger partial charge < -0.3 is 10.0 Å². The Morgan fingerprint density at radius 2 is 2.00 bits per heavy atom. The lowest BCUT2D eigenvalue weighted by Gasteiger charge is -2.23. The number of aliphatic hydroxyl groups is 1. The molecule has 1 N–H and O–H groups in total. The maximum atomic E-state index is 9.51. The Bertz CT molecular complexity index is 573. The van der Waals surface area contributed by atoms with Gasteiger partial charge in [0.05, 0.1) is 18.6 Å². The van der Waals surface area contributed by atoms with Gasteiger partial charge in [0.1, 0.15) is 5.82 Å². The van der Waals surface area contributed by atoms with Crippen molar-refractivity contribution >= 4 is 11.5 Å². The predicted octanol–water partition coefficient (Wildman–Crippen LogP) is 3.19. The van der Waals surface area contributed by atoms with E-state index in [2.05, 4.69) is 11.1 Å². The van der Waals surface area contributed by atoms with Crippen molar-refractivity contribution in [1.29, 1.82) is 5.26 Å². The standard InChI is InChI=1S/C16H17N3O/c1-13(20)14-8-9-16(18-12-14)19(11-5-10-17)15-6-3-2-4-7-15/h2-4,6-9,12-13,20H,5,11H2,1H3. The van der Waals surface area contributed by atoms with Gasteiger partial charge in [-0.1, -0.05) is 24.3 Å². The molecular formula is C16H17N3O. The summed E-state index contributed by atoms with van der Waals surface area (Å²) in [4.78, 5) is 6.38. The fourth-order valence-electron chi connectivity index (χ4n) is 1.95. The minimum Gasteiger partial charge on any atom is -0.389 e. The molecule has 0 aliphatic heterocycles. The largest absolute Gasteiger partial charge is 0.389 e. The van der Waals surface area contributed by atoms with Gasteiger partial charge in [0.2, 0.25) is 0 Å². The molecule has 4 heteroatoms. The molecule has 1 aromatic carbocycles. The molecule has 0 saturated heterocycles. The third-order valence-electron chi connectivity index (χ3n) is 3.04. The number of nitriles is 1. The van der Waals surface area contributed by atoms with Crippen LogP contribution in [0.3, 0.4) is 0 Å². The Hall–Kier alpha value is -2.38. The van der Waals surface area contributed by atoms with Gasteiger partial charge in [-0.2, -0.15) is 5.26 Å². The van der Waals surface area contributed by atoms with Crippen LogP contribution in [0.2, 0.25) is 0 Å². The van der Waals surface area contributed by atoms with E-state index in [-0.39, 0.29) is 0 Å². The van der Waals surface area contributed by atoms with Gasteiger partial charge in [-0.15, -0.1) is 0 Å². The molecule has 2 rings (SSSR count). The predicted molar refractivity (Wildman–Crippen MR) is 78.5 cm³/mol. The van der Waals surface area contributed by atoms with E-state index in [1.54, 1.807) is 13.1 Å². The summed E-state index contributed by atoms with van der Waals surface area (Å²) in [6.45, 7) is 2.29. The van der Waals surface area contributed by atoms with Crippen molar-refractivity contribution in [3.05, 3.63) is 54.2 Å². The lowest BCUT2D eigenvalue weighted by molar-refractivity contribution is 0.199. The van der Waals surface area contributed by atoms with Crippen LogP contribution in [-0.2, 0) is 0 Å². The number of para-hydroxylation sites is 1. The number of hydrogen-bond donors (Lipinski definition) is 1. The van der Waals surface area contributed by atoms with Crippen molar-refractivity contribution in [2.75, 3.05) is 11.4 Å². The van der Waals surface area contributed by atoms with Crippen LogP contribution in [-0.4, -0.2) is 16.6 Å². The van der Waals surface area contributed by atoms with E-state index in [4.69, 9.17) is 5.26 Å².